The van der Waals surface area contributed by atoms with Crippen LogP contribution in [0.15, 0.2) is 103 Å². The van der Waals surface area contributed by atoms with Crippen LogP contribution in [0.3, 0.4) is 0 Å². The number of aromatic nitrogens is 2. The molecule has 5 rings (SSSR count). The van der Waals surface area contributed by atoms with Crippen LogP contribution in [0.2, 0.25) is 5.02 Å². The first-order valence-electron chi connectivity index (χ1n) is 11.5. The quantitative estimate of drug-likeness (QED) is 0.134. The Labute approximate surface area is 230 Å². The van der Waals surface area contributed by atoms with Crippen molar-refractivity contribution in [2.45, 2.75) is 6.61 Å². The van der Waals surface area contributed by atoms with Gasteiger partial charge in [0.1, 0.15) is 22.4 Å². The first-order valence-corrected chi connectivity index (χ1v) is 13.1. The summed E-state index contributed by atoms with van der Waals surface area (Å²) < 4.78 is 8.37. The Kier molecular flexibility index (Phi) is 7.55. The molecule has 1 amide bonds. The maximum atomic E-state index is 13.0. The van der Waals surface area contributed by atoms with Crippen LogP contribution in [0.25, 0.3) is 23.0 Å². The normalized spacial score (nSPS) is 14.4. The number of hydrogen-bond acceptors (Lipinski definition) is 5. The summed E-state index contributed by atoms with van der Waals surface area (Å²) in [5, 5.41) is 5.54. The van der Waals surface area contributed by atoms with Crippen LogP contribution in [-0.4, -0.2) is 31.5 Å². The third-order valence-electron chi connectivity index (χ3n) is 5.69. The van der Waals surface area contributed by atoms with Crippen LogP contribution in [0.4, 0.5) is 0 Å². The minimum atomic E-state index is -0.134. The van der Waals surface area contributed by atoms with Crippen molar-refractivity contribution in [3.05, 3.63) is 119 Å². The van der Waals surface area contributed by atoms with Gasteiger partial charge in [-0.3, -0.25) is 9.69 Å². The number of thiocarbonyl (C=S) groups is 1. The molecule has 1 fully saturated rings. The van der Waals surface area contributed by atoms with Gasteiger partial charge >= 0.3 is 0 Å². The molecule has 0 saturated carbocycles. The molecule has 0 atom stereocenters. The van der Waals surface area contributed by atoms with Gasteiger partial charge < -0.3 is 4.74 Å². The lowest BCUT2D eigenvalue weighted by Gasteiger charge is -2.10. The Bertz CT molecular complexity index is 1510. The van der Waals surface area contributed by atoms with E-state index < -0.39 is 0 Å². The number of thioether (sulfide) groups is 1. The Hall–Kier alpha value is -3.65. The predicted molar refractivity (Wildman–Crippen MR) is 155 cm³/mol. The average molecular weight is 544 g/mol. The number of hydrogen-bond donors (Lipinski definition) is 0. The Morgan fingerprint density at radius 2 is 1.84 bits per heavy atom. The predicted octanol–water partition coefficient (Wildman–Crippen LogP) is 7.16. The molecule has 8 heteroatoms. The van der Waals surface area contributed by atoms with Crippen LogP contribution in [0, 0.1) is 0 Å². The fourth-order valence-corrected chi connectivity index (χ4v) is 5.32. The third-order valence-corrected chi connectivity index (χ3v) is 7.44. The van der Waals surface area contributed by atoms with Gasteiger partial charge in [0.05, 0.1) is 10.6 Å². The molecule has 2 heterocycles. The van der Waals surface area contributed by atoms with Crippen LogP contribution in [0.1, 0.15) is 11.1 Å². The molecule has 1 saturated heterocycles. The van der Waals surface area contributed by atoms with Gasteiger partial charge in [0.25, 0.3) is 5.91 Å². The fourth-order valence-electron chi connectivity index (χ4n) is 3.87. The van der Waals surface area contributed by atoms with Gasteiger partial charge in [-0.05, 0) is 36.4 Å². The Morgan fingerprint density at radius 3 is 2.62 bits per heavy atom. The lowest BCUT2D eigenvalue weighted by atomic mass is 10.1. The highest BCUT2D eigenvalue weighted by Crippen LogP contribution is 2.35. The van der Waals surface area contributed by atoms with Crippen LogP contribution >= 0.6 is 35.6 Å². The molecule has 1 aliphatic rings. The van der Waals surface area contributed by atoms with Crippen LogP contribution < -0.4 is 4.74 Å². The van der Waals surface area contributed by atoms with Gasteiger partial charge in [-0.15, -0.1) is 6.58 Å². The third kappa shape index (κ3) is 5.54. The minimum absolute atomic E-state index is 0.134. The monoisotopic (exact) mass is 543 g/mol. The molecule has 5 nitrogen and oxygen atoms in total. The van der Waals surface area contributed by atoms with E-state index in [1.807, 2.05) is 95.8 Å². The van der Waals surface area contributed by atoms with Gasteiger partial charge in [0, 0.05) is 34.5 Å². The molecule has 3 aromatic carbocycles. The standard InChI is InChI=1S/C29H22ClN3O2S2/c1-2-15-32-28(34)26(37-29(32)36)17-22-18-33(23-11-4-3-5-12-23)31-27(22)20-10-8-13-24(16-20)35-19-21-9-6-7-14-25(21)30/h2-14,16-18H,1,15,19H2/b26-17-. The van der Waals surface area contributed by atoms with E-state index in [2.05, 4.69) is 6.58 Å². The zero-order chi connectivity index (χ0) is 25.8. The topological polar surface area (TPSA) is 47.4 Å². The summed E-state index contributed by atoms with van der Waals surface area (Å²) in [7, 11) is 0. The van der Waals surface area contributed by atoms with E-state index in [1.54, 1.807) is 11.0 Å². The zero-order valence-electron chi connectivity index (χ0n) is 19.7. The van der Waals surface area contributed by atoms with E-state index in [9.17, 15) is 4.79 Å². The number of halogens is 1. The lowest BCUT2D eigenvalue weighted by Crippen LogP contribution is -2.27. The molecular weight excluding hydrogens is 522 g/mol. The molecule has 1 aromatic heterocycles. The molecular formula is C29H22ClN3O2S2. The largest absolute Gasteiger partial charge is 0.489 e. The van der Waals surface area contributed by atoms with E-state index in [1.165, 1.54) is 11.8 Å². The van der Waals surface area contributed by atoms with Gasteiger partial charge in [0.2, 0.25) is 0 Å². The molecule has 0 spiro atoms. The second kappa shape index (κ2) is 11.2. The molecule has 4 aromatic rings. The summed E-state index contributed by atoms with van der Waals surface area (Å²) >= 11 is 13.0. The van der Waals surface area contributed by atoms with Crippen molar-refractivity contribution >= 4 is 51.9 Å². The van der Waals surface area contributed by atoms with Crippen molar-refractivity contribution in [1.29, 1.82) is 0 Å². The van der Waals surface area contributed by atoms with E-state index in [0.29, 0.717) is 33.1 Å². The molecule has 1 aliphatic heterocycles. The van der Waals surface area contributed by atoms with E-state index >= 15 is 0 Å². The number of carbonyl (C=O) groups is 1. The van der Waals surface area contributed by atoms with Gasteiger partial charge in [-0.1, -0.05) is 90.2 Å². The van der Waals surface area contributed by atoms with E-state index in [4.69, 9.17) is 33.7 Å². The Morgan fingerprint density at radius 1 is 1.05 bits per heavy atom. The number of carbonyl (C=O) groups excluding carboxylic acids is 1. The van der Waals surface area contributed by atoms with Crippen molar-refractivity contribution in [3.63, 3.8) is 0 Å². The van der Waals surface area contributed by atoms with Crippen molar-refractivity contribution in [3.8, 4) is 22.7 Å². The van der Waals surface area contributed by atoms with Gasteiger partial charge in [-0.25, -0.2) is 4.68 Å². The van der Waals surface area contributed by atoms with Crippen LogP contribution in [-0.2, 0) is 11.4 Å². The molecule has 0 aliphatic carbocycles. The van der Waals surface area contributed by atoms with Crippen molar-refractivity contribution in [2.24, 2.45) is 0 Å². The SMILES string of the molecule is C=CCN1C(=O)/C(=C/c2cn(-c3ccccc3)nc2-c2cccc(OCc3ccccc3Cl)c2)SC1=S. The minimum Gasteiger partial charge on any atom is -0.489 e. The molecule has 37 heavy (non-hydrogen) atoms. The van der Waals surface area contributed by atoms with Crippen LogP contribution in [0.5, 0.6) is 5.75 Å². The average Bonchev–Trinajstić information content (AvgIpc) is 3.46. The summed E-state index contributed by atoms with van der Waals surface area (Å²) in [6.45, 7) is 4.45. The second-order valence-electron chi connectivity index (χ2n) is 8.20. The van der Waals surface area contributed by atoms with Gasteiger partial charge in [0.15, 0.2) is 0 Å². The molecule has 0 radical (unpaired) electrons. The number of ether oxygens (including phenoxy) is 1. The summed E-state index contributed by atoms with van der Waals surface area (Å²) in [4.78, 5) is 15.1. The highest BCUT2D eigenvalue weighted by molar-refractivity contribution is 8.26. The van der Waals surface area contributed by atoms with Crippen molar-refractivity contribution in [1.82, 2.24) is 14.7 Å². The van der Waals surface area contributed by atoms with Crippen molar-refractivity contribution in [2.75, 3.05) is 6.54 Å². The maximum absolute atomic E-state index is 13.0. The second-order valence-corrected chi connectivity index (χ2v) is 10.3. The number of amides is 1. The number of rotatable bonds is 8. The first kappa shape index (κ1) is 25.0. The van der Waals surface area contributed by atoms with Gasteiger partial charge in [-0.2, -0.15) is 5.10 Å². The number of para-hydroxylation sites is 1. The Balaban J connectivity index is 1.51. The smallest absolute Gasteiger partial charge is 0.266 e. The molecule has 0 N–H and O–H groups in total. The van der Waals surface area contributed by atoms with Crippen molar-refractivity contribution < 1.29 is 9.53 Å². The first-order chi connectivity index (χ1) is 18.0. The maximum Gasteiger partial charge on any atom is 0.266 e. The summed E-state index contributed by atoms with van der Waals surface area (Å²) in [5.41, 5.74) is 4.20. The van der Waals surface area contributed by atoms with E-state index in [-0.39, 0.29) is 5.91 Å². The van der Waals surface area contributed by atoms with E-state index in [0.717, 1.165) is 28.1 Å². The molecule has 0 bridgehead atoms. The molecule has 0 unspecified atom stereocenters. The molecule has 184 valence electrons. The summed E-state index contributed by atoms with van der Waals surface area (Å²) in [6.07, 6.45) is 5.43. The zero-order valence-corrected chi connectivity index (χ0v) is 22.1. The highest BCUT2D eigenvalue weighted by Gasteiger charge is 2.31. The number of nitrogens with zero attached hydrogens (tertiary/aromatic N) is 3. The lowest BCUT2D eigenvalue weighted by molar-refractivity contribution is -0.121. The number of benzene rings is 3. The summed E-state index contributed by atoms with van der Waals surface area (Å²) in [6, 6.07) is 25.2. The fraction of sp³-hybridized carbons (Fsp3) is 0.0690. The summed E-state index contributed by atoms with van der Waals surface area (Å²) in [5.74, 6) is 0.556. The highest BCUT2D eigenvalue weighted by atomic mass is 35.5.